The summed E-state index contributed by atoms with van der Waals surface area (Å²) < 4.78 is 0. The molecule has 7 heteroatoms. The maximum atomic E-state index is 13.6. The van der Waals surface area contributed by atoms with Gasteiger partial charge in [0.25, 0.3) is 0 Å². The standard InChI is InChI=1S/C25H20ClN3O2S/c26-16-9-7-15(8-10-16)24-23-19(18-5-1-2-6-20(18)27-23)12-21-25(31)28(14-22(30)29(21)24)13-17-4-3-11-32-17/h1-11,21,24,27H,12-14H2/t21-,24-/m0/s1. The average molecular weight is 462 g/mol. The van der Waals surface area contributed by atoms with Crippen LogP contribution in [0.5, 0.6) is 0 Å². The third-order valence-electron chi connectivity index (χ3n) is 6.45. The van der Waals surface area contributed by atoms with Crippen molar-refractivity contribution in [3.05, 3.63) is 92.8 Å². The molecule has 1 N–H and O–H groups in total. The van der Waals surface area contributed by atoms with Crippen LogP contribution in [0.2, 0.25) is 5.02 Å². The number of rotatable bonds is 3. The van der Waals surface area contributed by atoms with Crippen molar-refractivity contribution in [2.45, 2.75) is 25.0 Å². The van der Waals surface area contributed by atoms with Gasteiger partial charge >= 0.3 is 0 Å². The van der Waals surface area contributed by atoms with Gasteiger partial charge in [-0.2, -0.15) is 0 Å². The molecule has 2 atom stereocenters. The Kier molecular flexibility index (Phi) is 4.59. The summed E-state index contributed by atoms with van der Waals surface area (Å²) in [7, 11) is 0. The molecule has 4 heterocycles. The van der Waals surface area contributed by atoms with Crippen LogP contribution in [-0.2, 0) is 22.6 Å². The van der Waals surface area contributed by atoms with Crippen molar-refractivity contribution >= 4 is 45.7 Å². The van der Waals surface area contributed by atoms with Crippen LogP contribution in [-0.4, -0.2) is 39.2 Å². The number of thiophene rings is 1. The zero-order valence-electron chi connectivity index (χ0n) is 17.1. The SMILES string of the molecule is O=C1[C@@H]2Cc3c([nH]c4ccccc34)[C@H](c3ccc(Cl)cc3)N2C(=O)CN1Cc1cccs1. The van der Waals surface area contributed by atoms with Crippen molar-refractivity contribution in [1.29, 1.82) is 0 Å². The quantitative estimate of drug-likeness (QED) is 0.478. The molecule has 2 amide bonds. The average Bonchev–Trinajstić information content (AvgIpc) is 3.44. The minimum Gasteiger partial charge on any atom is -0.356 e. The van der Waals surface area contributed by atoms with Gasteiger partial charge in [0.2, 0.25) is 11.8 Å². The summed E-state index contributed by atoms with van der Waals surface area (Å²) in [5.41, 5.74) is 4.06. The van der Waals surface area contributed by atoms with E-state index in [9.17, 15) is 9.59 Å². The van der Waals surface area contributed by atoms with Gasteiger partial charge in [-0.3, -0.25) is 9.59 Å². The number of para-hydroxylation sites is 1. The number of hydrogen-bond donors (Lipinski definition) is 1. The van der Waals surface area contributed by atoms with Gasteiger partial charge in [-0.25, -0.2) is 0 Å². The van der Waals surface area contributed by atoms with Gasteiger partial charge in [0.05, 0.1) is 12.6 Å². The third kappa shape index (κ3) is 3.05. The summed E-state index contributed by atoms with van der Waals surface area (Å²) in [4.78, 5) is 35.2. The van der Waals surface area contributed by atoms with Crippen molar-refractivity contribution in [2.24, 2.45) is 0 Å². The van der Waals surface area contributed by atoms with Gasteiger partial charge in [0.15, 0.2) is 0 Å². The molecule has 5 nitrogen and oxygen atoms in total. The zero-order valence-corrected chi connectivity index (χ0v) is 18.7. The highest BCUT2D eigenvalue weighted by molar-refractivity contribution is 7.09. The molecule has 160 valence electrons. The number of benzene rings is 2. The fraction of sp³-hybridized carbons (Fsp3) is 0.200. The second-order valence-electron chi connectivity index (χ2n) is 8.31. The second-order valence-corrected chi connectivity index (χ2v) is 9.78. The summed E-state index contributed by atoms with van der Waals surface area (Å²) in [6.45, 7) is 0.561. The Morgan fingerprint density at radius 1 is 1.03 bits per heavy atom. The highest BCUT2D eigenvalue weighted by Crippen LogP contribution is 2.42. The number of amides is 2. The summed E-state index contributed by atoms with van der Waals surface area (Å²) in [5.74, 6) is -0.0247. The first-order valence-electron chi connectivity index (χ1n) is 10.6. The number of carbonyl (C=O) groups excluding carboxylic acids is 2. The summed E-state index contributed by atoms with van der Waals surface area (Å²) in [6.07, 6.45) is 0.509. The maximum Gasteiger partial charge on any atom is 0.246 e. The minimum atomic E-state index is -0.524. The first-order chi connectivity index (χ1) is 15.6. The third-order valence-corrected chi connectivity index (χ3v) is 7.57. The Morgan fingerprint density at radius 2 is 1.84 bits per heavy atom. The number of aromatic amines is 1. The van der Waals surface area contributed by atoms with Crippen molar-refractivity contribution in [2.75, 3.05) is 6.54 Å². The largest absolute Gasteiger partial charge is 0.356 e. The first kappa shape index (κ1) is 19.6. The molecule has 2 aliphatic heterocycles. The van der Waals surface area contributed by atoms with Crippen LogP contribution < -0.4 is 0 Å². The van der Waals surface area contributed by atoms with Crippen molar-refractivity contribution in [3.63, 3.8) is 0 Å². The van der Waals surface area contributed by atoms with E-state index in [1.54, 1.807) is 21.1 Å². The molecule has 4 aromatic rings. The number of piperazine rings is 1. The molecule has 0 aliphatic carbocycles. The Labute approximate surface area is 194 Å². The number of H-pyrrole nitrogens is 1. The van der Waals surface area contributed by atoms with Crippen LogP contribution in [0.1, 0.15) is 27.7 Å². The van der Waals surface area contributed by atoms with E-state index in [1.807, 2.05) is 60.0 Å². The number of halogens is 1. The second kappa shape index (κ2) is 7.50. The molecule has 2 aromatic carbocycles. The lowest BCUT2D eigenvalue weighted by Crippen LogP contribution is -2.62. The van der Waals surface area contributed by atoms with Gasteiger partial charge in [-0.1, -0.05) is 48.0 Å². The monoisotopic (exact) mass is 461 g/mol. The van der Waals surface area contributed by atoms with E-state index in [2.05, 4.69) is 11.1 Å². The fourth-order valence-corrected chi connectivity index (χ4v) is 5.88. The maximum absolute atomic E-state index is 13.6. The highest BCUT2D eigenvalue weighted by atomic mass is 35.5. The smallest absolute Gasteiger partial charge is 0.246 e. The van der Waals surface area contributed by atoms with Gasteiger partial charge in [0, 0.05) is 32.9 Å². The van der Waals surface area contributed by atoms with Crippen LogP contribution in [0.15, 0.2) is 66.0 Å². The number of aromatic nitrogens is 1. The number of nitrogens with zero attached hydrogens (tertiary/aromatic N) is 2. The number of hydrogen-bond acceptors (Lipinski definition) is 3. The van der Waals surface area contributed by atoms with Crippen molar-refractivity contribution in [1.82, 2.24) is 14.8 Å². The molecular weight excluding hydrogens is 442 g/mol. The number of nitrogens with one attached hydrogen (secondary N) is 1. The Morgan fingerprint density at radius 3 is 2.62 bits per heavy atom. The van der Waals surface area contributed by atoms with Gasteiger partial charge < -0.3 is 14.8 Å². The Hall–Kier alpha value is -3.09. The van der Waals surface area contributed by atoms with Gasteiger partial charge in [-0.15, -0.1) is 11.3 Å². The molecule has 0 unspecified atom stereocenters. The van der Waals surface area contributed by atoms with E-state index in [-0.39, 0.29) is 24.4 Å². The molecule has 1 fully saturated rings. The topological polar surface area (TPSA) is 56.4 Å². The summed E-state index contributed by atoms with van der Waals surface area (Å²) in [5, 5.41) is 3.74. The molecule has 32 heavy (non-hydrogen) atoms. The predicted octanol–water partition coefficient (Wildman–Crippen LogP) is 4.77. The molecule has 6 rings (SSSR count). The molecule has 0 spiro atoms. The lowest BCUT2D eigenvalue weighted by Gasteiger charge is -2.47. The van der Waals surface area contributed by atoms with E-state index < -0.39 is 6.04 Å². The van der Waals surface area contributed by atoms with Crippen LogP contribution in [0.4, 0.5) is 0 Å². The van der Waals surface area contributed by atoms with Crippen LogP contribution in [0.3, 0.4) is 0 Å². The molecule has 1 saturated heterocycles. The van der Waals surface area contributed by atoms with E-state index in [0.29, 0.717) is 18.0 Å². The van der Waals surface area contributed by atoms with Crippen LogP contribution in [0.25, 0.3) is 10.9 Å². The number of carbonyl (C=O) groups is 2. The summed E-state index contributed by atoms with van der Waals surface area (Å²) >= 11 is 7.75. The van der Waals surface area contributed by atoms with Gasteiger partial charge in [0.1, 0.15) is 12.6 Å². The highest BCUT2D eigenvalue weighted by Gasteiger charge is 2.48. The van der Waals surface area contributed by atoms with Gasteiger partial charge in [-0.05, 0) is 40.8 Å². The van der Waals surface area contributed by atoms with E-state index in [1.165, 1.54) is 0 Å². The predicted molar refractivity (Wildman–Crippen MR) is 126 cm³/mol. The summed E-state index contributed by atoms with van der Waals surface area (Å²) in [6, 6.07) is 18.8. The van der Waals surface area contributed by atoms with E-state index >= 15 is 0 Å². The lowest BCUT2D eigenvalue weighted by molar-refractivity contribution is -0.159. The molecular formula is C25H20ClN3O2S. The molecule has 0 bridgehead atoms. The Bertz CT molecular complexity index is 1330. The number of fused-ring (bicyclic) bond motifs is 4. The normalized spacial score (nSPS) is 20.5. The molecule has 2 aliphatic rings. The van der Waals surface area contributed by atoms with E-state index in [0.717, 1.165) is 32.6 Å². The lowest BCUT2D eigenvalue weighted by atomic mass is 9.86. The van der Waals surface area contributed by atoms with Crippen LogP contribution >= 0.6 is 22.9 Å². The molecule has 0 radical (unpaired) electrons. The molecule has 2 aromatic heterocycles. The zero-order chi connectivity index (χ0) is 21.8. The Balaban J connectivity index is 1.48. The fourth-order valence-electron chi connectivity index (χ4n) is 5.04. The van der Waals surface area contributed by atoms with E-state index in [4.69, 9.17) is 11.6 Å². The first-order valence-corrected chi connectivity index (χ1v) is 11.8. The van der Waals surface area contributed by atoms with Crippen molar-refractivity contribution < 1.29 is 9.59 Å². The molecule has 0 saturated carbocycles. The minimum absolute atomic E-state index is 0.00731. The van der Waals surface area contributed by atoms with Crippen LogP contribution in [0, 0.1) is 0 Å². The van der Waals surface area contributed by atoms with Crippen molar-refractivity contribution in [3.8, 4) is 0 Å².